The summed E-state index contributed by atoms with van der Waals surface area (Å²) in [5.74, 6) is 1.55. The first-order chi connectivity index (χ1) is 17.1. The number of hydrogen-bond donors (Lipinski definition) is 0. The van der Waals surface area contributed by atoms with E-state index in [1.54, 1.807) is 0 Å². The predicted molar refractivity (Wildman–Crippen MR) is 166 cm³/mol. The molecule has 0 bridgehead atoms. The first kappa shape index (κ1) is 30.7. The average Bonchev–Trinajstić information content (AvgIpc) is 3.40. The van der Waals surface area contributed by atoms with Crippen LogP contribution in [0.5, 0.6) is 0 Å². The lowest BCUT2D eigenvalue weighted by atomic mass is 9.89. The lowest BCUT2D eigenvalue weighted by Gasteiger charge is -2.24. The van der Waals surface area contributed by atoms with E-state index >= 15 is 0 Å². The van der Waals surface area contributed by atoms with E-state index < -0.39 is 7.12 Å². The highest BCUT2D eigenvalue weighted by atomic mass is 79.9. The molecular formula is C27H42BBr3N6. The fraction of sp³-hybridized carbons (Fsp3) is 0.667. The lowest BCUT2D eigenvalue weighted by Crippen LogP contribution is -2.47. The van der Waals surface area contributed by atoms with Crippen molar-refractivity contribution in [1.82, 2.24) is 29.1 Å². The molecule has 0 amide bonds. The van der Waals surface area contributed by atoms with Crippen molar-refractivity contribution in [1.29, 1.82) is 0 Å². The molecule has 3 heterocycles. The third-order valence-electron chi connectivity index (χ3n) is 6.67. The molecule has 204 valence electrons. The number of nitrogens with zero attached hydrogens (tertiary/aromatic N) is 6. The van der Waals surface area contributed by atoms with E-state index in [1.165, 1.54) is 0 Å². The molecule has 3 aromatic heterocycles. The summed E-state index contributed by atoms with van der Waals surface area (Å²) in [6.07, 6.45) is 0. The first-order valence-electron chi connectivity index (χ1n) is 13.4. The quantitative estimate of drug-likeness (QED) is 0.209. The minimum atomic E-state index is -0.399. The minimum absolute atomic E-state index is 0.244. The Balaban J connectivity index is 2.56. The Kier molecular flexibility index (Phi) is 9.71. The standard InChI is InChI=1S/C27H42BBr3N6/c1-13(2)22-19(29)25(16(7)8)35(32-22)28(36-26(17(9)10)20(30)23(33-36)14(3)4)37-27(18(11)12)21(31)24(34-37)15(5)6/h13-18H,1-12H3. The van der Waals surface area contributed by atoms with Gasteiger partial charge in [-0.05, 0) is 83.3 Å². The molecule has 6 nitrogen and oxygen atoms in total. The van der Waals surface area contributed by atoms with Crippen LogP contribution >= 0.6 is 47.8 Å². The smallest absolute Gasteiger partial charge is 0.264 e. The molecule has 0 fully saturated rings. The molecule has 3 rings (SSSR count). The molecule has 10 heteroatoms. The Hall–Kier alpha value is -0.865. The molecule has 0 spiro atoms. The summed E-state index contributed by atoms with van der Waals surface area (Å²) in [6, 6.07) is 0. The Morgan fingerprint density at radius 3 is 0.811 bits per heavy atom. The van der Waals surface area contributed by atoms with Gasteiger partial charge in [0, 0.05) is 17.1 Å². The Morgan fingerprint density at radius 1 is 0.432 bits per heavy atom. The summed E-state index contributed by atoms with van der Waals surface area (Å²) in [5.41, 5.74) is 6.60. The van der Waals surface area contributed by atoms with Gasteiger partial charge in [-0.3, -0.25) is 13.8 Å². The van der Waals surface area contributed by atoms with Gasteiger partial charge < -0.3 is 0 Å². The lowest BCUT2D eigenvalue weighted by molar-refractivity contribution is 0.645. The van der Waals surface area contributed by atoms with Crippen LogP contribution in [0, 0.1) is 0 Å². The fourth-order valence-corrected chi connectivity index (χ4v) is 8.37. The van der Waals surface area contributed by atoms with Crippen LogP contribution in [-0.4, -0.2) is 36.2 Å². The van der Waals surface area contributed by atoms with Gasteiger partial charge in [0.05, 0.1) is 30.5 Å². The average molecular weight is 701 g/mol. The number of rotatable bonds is 9. The molecule has 0 aliphatic rings. The first-order valence-corrected chi connectivity index (χ1v) is 15.8. The van der Waals surface area contributed by atoms with Crippen LogP contribution in [-0.2, 0) is 0 Å². The maximum absolute atomic E-state index is 5.27. The van der Waals surface area contributed by atoms with Gasteiger partial charge in [-0.1, -0.05) is 83.1 Å². The van der Waals surface area contributed by atoms with Crippen molar-refractivity contribution in [3.05, 3.63) is 47.6 Å². The molecule has 0 atom stereocenters. The van der Waals surface area contributed by atoms with Crippen molar-refractivity contribution in [3.63, 3.8) is 0 Å². The Morgan fingerprint density at radius 2 is 0.649 bits per heavy atom. The van der Waals surface area contributed by atoms with Crippen LogP contribution in [0.4, 0.5) is 0 Å². The monoisotopic (exact) mass is 698 g/mol. The minimum Gasteiger partial charge on any atom is -0.264 e. The SMILES string of the molecule is CC(C)c1nn(B(n2nc(C(C)C)c(Br)c2C(C)C)n2nc(C(C)C)c(Br)c2C(C)C)c(C(C)C)c1Br. The van der Waals surface area contributed by atoms with Crippen LogP contribution in [0.2, 0.25) is 0 Å². The maximum Gasteiger partial charge on any atom is 0.569 e. The van der Waals surface area contributed by atoms with E-state index in [4.69, 9.17) is 15.3 Å². The van der Waals surface area contributed by atoms with E-state index in [0.29, 0.717) is 0 Å². The topological polar surface area (TPSA) is 53.5 Å². The zero-order valence-corrected chi connectivity index (χ0v) is 29.1. The van der Waals surface area contributed by atoms with Crippen LogP contribution < -0.4 is 0 Å². The molecule has 0 unspecified atom stereocenters. The molecule has 0 aliphatic carbocycles. The van der Waals surface area contributed by atoms with E-state index in [0.717, 1.165) is 47.6 Å². The van der Waals surface area contributed by atoms with E-state index in [2.05, 4.69) is 145 Å². The van der Waals surface area contributed by atoms with Gasteiger partial charge in [0.25, 0.3) is 0 Å². The second-order valence-corrected chi connectivity index (χ2v) is 14.2. The highest BCUT2D eigenvalue weighted by Crippen LogP contribution is 2.38. The van der Waals surface area contributed by atoms with E-state index in [1.807, 2.05) is 0 Å². The molecule has 0 radical (unpaired) electrons. The predicted octanol–water partition coefficient (Wildman–Crippen LogP) is 9.23. The second-order valence-electron chi connectivity index (χ2n) is 11.9. The van der Waals surface area contributed by atoms with Gasteiger partial charge in [0.15, 0.2) is 0 Å². The largest absolute Gasteiger partial charge is 0.569 e. The summed E-state index contributed by atoms with van der Waals surface area (Å²) < 4.78 is 9.71. The van der Waals surface area contributed by atoms with Crippen molar-refractivity contribution < 1.29 is 0 Å². The summed E-state index contributed by atoms with van der Waals surface area (Å²) in [6.45, 7) is 26.5. The van der Waals surface area contributed by atoms with E-state index in [9.17, 15) is 0 Å². The van der Waals surface area contributed by atoms with Gasteiger partial charge in [0.1, 0.15) is 0 Å². The molecule has 0 aromatic carbocycles. The summed E-state index contributed by atoms with van der Waals surface area (Å²) >= 11 is 11.8. The molecule has 0 saturated carbocycles. The molecule has 0 saturated heterocycles. The zero-order chi connectivity index (χ0) is 28.1. The molecular weight excluding hydrogens is 659 g/mol. The van der Waals surface area contributed by atoms with Crippen LogP contribution in [0.3, 0.4) is 0 Å². The third-order valence-corrected chi connectivity index (χ3v) is 9.11. The van der Waals surface area contributed by atoms with Crippen molar-refractivity contribution in [2.45, 2.75) is 119 Å². The van der Waals surface area contributed by atoms with Gasteiger partial charge in [-0.15, -0.1) is 0 Å². The second kappa shape index (κ2) is 11.7. The Bertz CT molecular complexity index is 1100. The molecule has 0 N–H and O–H groups in total. The maximum atomic E-state index is 5.27. The van der Waals surface area contributed by atoms with Crippen LogP contribution in [0.15, 0.2) is 13.4 Å². The van der Waals surface area contributed by atoms with Gasteiger partial charge in [-0.2, -0.15) is 15.3 Å². The number of aromatic nitrogens is 6. The summed E-state index contributed by atoms with van der Waals surface area (Å²) in [7, 11) is -0.399. The van der Waals surface area contributed by atoms with Gasteiger partial charge in [-0.25, -0.2) is 0 Å². The van der Waals surface area contributed by atoms with Gasteiger partial charge in [0.2, 0.25) is 0 Å². The van der Waals surface area contributed by atoms with Crippen LogP contribution in [0.1, 0.15) is 153 Å². The van der Waals surface area contributed by atoms with Crippen molar-refractivity contribution >= 4 is 54.9 Å². The fourth-order valence-electron chi connectivity index (χ4n) is 4.84. The van der Waals surface area contributed by atoms with Gasteiger partial charge >= 0.3 is 7.12 Å². The highest BCUT2D eigenvalue weighted by molar-refractivity contribution is 9.11. The normalized spacial score (nSPS) is 12.6. The molecule has 37 heavy (non-hydrogen) atoms. The molecule has 0 aliphatic heterocycles. The highest BCUT2D eigenvalue weighted by Gasteiger charge is 2.40. The number of halogens is 3. The third kappa shape index (κ3) is 5.58. The molecule has 3 aromatic rings. The van der Waals surface area contributed by atoms with Crippen molar-refractivity contribution in [2.75, 3.05) is 0 Å². The summed E-state index contributed by atoms with van der Waals surface area (Å²) in [4.78, 5) is 0. The van der Waals surface area contributed by atoms with E-state index in [-0.39, 0.29) is 35.5 Å². The van der Waals surface area contributed by atoms with Crippen LogP contribution in [0.25, 0.3) is 0 Å². The number of hydrogen-bond acceptors (Lipinski definition) is 3. The van der Waals surface area contributed by atoms with Crippen molar-refractivity contribution in [3.8, 4) is 0 Å². The summed E-state index contributed by atoms with van der Waals surface area (Å²) in [5, 5.41) is 15.8. The van der Waals surface area contributed by atoms with Crippen molar-refractivity contribution in [2.24, 2.45) is 0 Å². The Labute approximate surface area is 248 Å². The zero-order valence-electron chi connectivity index (χ0n) is 24.4.